The van der Waals surface area contributed by atoms with Gasteiger partial charge in [-0.05, 0) is 54.7 Å². The highest BCUT2D eigenvalue weighted by atomic mass is 16.5. The van der Waals surface area contributed by atoms with Gasteiger partial charge >= 0.3 is 0 Å². The molecule has 0 amide bonds. The molecule has 1 saturated carbocycles. The summed E-state index contributed by atoms with van der Waals surface area (Å²) in [6, 6.07) is 8.72. The summed E-state index contributed by atoms with van der Waals surface area (Å²) in [4.78, 5) is 13.2. The highest BCUT2D eigenvalue weighted by Gasteiger charge is 2.61. The number of ketones is 1. The fraction of sp³-hybridized carbons (Fsp3) is 0.500. The summed E-state index contributed by atoms with van der Waals surface area (Å²) < 4.78 is 6.60. The highest BCUT2D eigenvalue weighted by molar-refractivity contribution is 5.99. The molecule has 0 unspecified atom stereocenters. The molecule has 0 radical (unpaired) electrons. The minimum atomic E-state index is -0.808. The van der Waals surface area contributed by atoms with Gasteiger partial charge in [-0.3, -0.25) is 10.1 Å². The smallest absolute Gasteiger partial charge is 0.202 e. The number of allylic oxidation sites excluding steroid dienone is 3. The Hall–Kier alpha value is -1.71. The second-order valence-corrected chi connectivity index (χ2v) is 8.35. The first kappa shape index (κ1) is 14.5. The maximum Gasteiger partial charge on any atom is 0.202 e. The summed E-state index contributed by atoms with van der Waals surface area (Å²) in [6.45, 7) is 0. The minimum Gasteiger partial charge on any atom is -0.347 e. The average molecular weight is 333 g/mol. The Bertz CT molecular complexity index is 825. The minimum absolute atomic E-state index is 0.0873. The topological polar surface area (TPSA) is 38.3 Å². The molecule has 3 nitrogen and oxygen atoms in total. The van der Waals surface area contributed by atoms with Crippen LogP contribution in [0.1, 0.15) is 42.9 Å². The van der Waals surface area contributed by atoms with Crippen molar-refractivity contribution in [3.05, 3.63) is 59.2 Å². The highest BCUT2D eigenvalue weighted by Crippen LogP contribution is 2.55. The molecule has 5 aliphatic rings. The van der Waals surface area contributed by atoms with Crippen LogP contribution in [0.2, 0.25) is 0 Å². The van der Waals surface area contributed by atoms with Gasteiger partial charge in [-0.2, -0.15) is 0 Å². The fourth-order valence-corrected chi connectivity index (χ4v) is 6.19. The van der Waals surface area contributed by atoms with E-state index < -0.39 is 5.72 Å². The van der Waals surface area contributed by atoms with E-state index in [-0.39, 0.29) is 23.8 Å². The Morgan fingerprint density at radius 3 is 3.12 bits per heavy atom. The number of fused-ring (bicyclic) bond motifs is 4. The summed E-state index contributed by atoms with van der Waals surface area (Å²) in [5, 5.41) is 3.71. The van der Waals surface area contributed by atoms with Gasteiger partial charge in [0.2, 0.25) is 5.78 Å². The molecule has 0 aromatic heterocycles. The summed E-state index contributed by atoms with van der Waals surface area (Å²) in [5.41, 5.74) is 3.25. The molecule has 6 rings (SSSR count). The maximum atomic E-state index is 13.2. The van der Waals surface area contributed by atoms with Gasteiger partial charge in [0.15, 0.2) is 5.72 Å². The lowest BCUT2D eigenvalue weighted by atomic mass is 9.59. The molecule has 1 N–H and O–H groups in total. The molecule has 25 heavy (non-hydrogen) atoms. The molecule has 1 saturated heterocycles. The number of rotatable bonds is 0. The van der Waals surface area contributed by atoms with E-state index in [0.29, 0.717) is 11.8 Å². The van der Waals surface area contributed by atoms with E-state index in [1.165, 1.54) is 29.5 Å². The lowest BCUT2D eigenvalue weighted by Crippen LogP contribution is -2.61. The Morgan fingerprint density at radius 1 is 1.24 bits per heavy atom. The third-order valence-electron chi connectivity index (χ3n) is 7.19. The number of hydrogen-bond donors (Lipinski definition) is 1. The third kappa shape index (κ3) is 1.81. The Morgan fingerprint density at radius 2 is 2.16 bits per heavy atom. The third-order valence-corrected chi connectivity index (χ3v) is 7.19. The largest absolute Gasteiger partial charge is 0.347 e. The summed E-state index contributed by atoms with van der Waals surface area (Å²) in [6.07, 6.45) is 12.1. The van der Waals surface area contributed by atoms with Gasteiger partial charge in [0, 0.05) is 12.3 Å². The Balaban J connectivity index is 1.44. The van der Waals surface area contributed by atoms with E-state index in [2.05, 4.69) is 41.7 Å². The van der Waals surface area contributed by atoms with Gasteiger partial charge < -0.3 is 4.74 Å². The second-order valence-electron chi connectivity index (χ2n) is 8.35. The normalized spacial score (nSPS) is 43.6. The van der Waals surface area contributed by atoms with Gasteiger partial charge in [0.25, 0.3) is 0 Å². The molecule has 1 aromatic carbocycles. The maximum absolute atomic E-state index is 13.2. The number of carbonyl (C=O) groups excluding carboxylic acids is 1. The van der Waals surface area contributed by atoms with Crippen LogP contribution in [0.4, 0.5) is 0 Å². The summed E-state index contributed by atoms with van der Waals surface area (Å²) in [5.74, 6) is 1.47. The predicted octanol–water partition coefficient (Wildman–Crippen LogP) is 3.47. The lowest BCUT2D eigenvalue weighted by Gasteiger charge is -2.49. The molecule has 4 aliphatic carbocycles. The van der Waals surface area contributed by atoms with Crippen molar-refractivity contribution in [3.63, 3.8) is 0 Å². The molecule has 1 aromatic rings. The first-order chi connectivity index (χ1) is 12.3. The van der Waals surface area contributed by atoms with E-state index >= 15 is 0 Å². The van der Waals surface area contributed by atoms with Crippen molar-refractivity contribution in [3.8, 4) is 0 Å². The molecule has 0 bridgehead atoms. The molecule has 1 aliphatic heterocycles. The van der Waals surface area contributed by atoms with Gasteiger partial charge in [-0.15, -0.1) is 0 Å². The van der Waals surface area contributed by atoms with Gasteiger partial charge in [0.05, 0.1) is 12.1 Å². The standard InChI is InChI=1S/C22H23NO2/c24-19-12-15-8-3-6-13-7-4-10-17(20(13)15)22(19)23-21-16-9-2-1-5-14(16)11-18(21)25-22/h1-2,4-5,7,9,12-13,17-18,20-21,23H,3,6,8,10-11H2/t13-,17+,18-,20+,21+,22+/m1/s1. The first-order valence-electron chi connectivity index (χ1n) is 9.71. The zero-order valence-corrected chi connectivity index (χ0v) is 14.3. The number of carbonyl (C=O) groups is 1. The van der Waals surface area contributed by atoms with Crippen LogP contribution < -0.4 is 5.32 Å². The van der Waals surface area contributed by atoms with Crippen LogP contribution in [0.15, 0.2) is 48.1 Å². The van der Waals surface area contributed by atoms with Crippen LogP contribution in [0.25, 0.3) is 0 Å². The van der Waals surface area contributed by atoms with Crippen LogP contribution in [0.3, 0.4) is 0 Å². The Kier molecular flexibility index (Phi) is 2.85. The average Bonchev–Trinajstić information content (AvgIpc) is 3.16. The van der Waals surface area contributed by atoms with Gasteiger partial charge in [-0.25, -0.2) is 0 Å². The van der Waals surface area contributed by atoms with E-state index in [1.807, 2.05) is 6.08 Å². The quantitative estimate of drug-likeness (QED) is 0.739. The van der Waals surface area contributed by atoms with Crippen LogP contribution in [-0.2, 0) is 16.0 Å². The van der Waals surface area contributed by atoms with Crippen molar-refractivity contribution < 1.29 is 9.53 Å². The number of ether oxygens (including phenoxy) is 1. The lowest BCUT2D eigenvalue weighted by molar-refractivity contribution is -0.157. The number of hydrogen-bond acceptors (Lipinski definition) is 3. The van der Waals surface area contributed by atoms with E-state index in [4.69, 9.17) is 4.74 Å². The molecule has 3 heteroatoms. The number of nitrogens with one attached hydrogen (secondary N) is 1. The van der Waals surface area contributed by atoms with Crippen molar-refractivity contribution >= 4 is 5.78 Å². The van der Waals surface area contributed by atoms with Crippen molar-refractivity contribution in [1.29, 1.82) is 0 Å². The zero-order valence-electron chi connectivity index (χ0n) is 14.3. The molecule has 128 valence electrons. The van der Waals surface area contributed by atoms with Crippen LogP contribution in [0, 0.1) is 17.8 Å². The van der Waals surface area contributed by atoms with Crippen LogP contribution in [0.5, 0.6) is 0 Å². The molecular weight excluding hydrogens is 310 g/mol. The van der Waals surface area contributed by atoms with Crippen LogP contribution in [-0.4, -0.2) is 17.6 Å². The SMILES string of the molecule is O=C1C=C2CCC[C@@H]3C=CC[C@@H]([C@H]23)[C@@]12N[C@H]1c3ccccc3C[C@H]1O2. The molecule has 1 heterocycles. The fourth-order valence-electron chi connectivity index (χ4n) is 6.19. The van der Waals surface area contributed by atoms with E-state index in [9.17, 15) is 4.79 Å². The summed E-state index contributed by atoms with van der Waals surface area (Å²) >= 11 is 0. The molecular formula is C22H23NO2. The Labute approximate surface area is 148 Å². The van der Waals surface area contributed by atoms with Crippen molar-refractivity contribution in [2.24, 2.45) is 17.8 Å². The van der Waals surface area contributed by atoms with Crippen LogP contribution >= 0.6 is 0 Å². The first-order valence-corrected chi connectivity index (χ1v) is 9.71. The zero-order chi connectivity index (χ0) is 16.6. The van der Waals surface area contributed by atoms with Gasteiger partial charge in [-0.1, -0.05) is 42.0 Å². The molecule has 2 fully saturated rings. The van der Waals surface area contributed by atoms with Gasteiger partial charge in [0.1, 0.15) is 0 Å². The molecule has 1 spiro atoms. The second kappa shape index (κ2) is 4.93. The van der Waals surface area contributed by atoms with Crippen molar-refractivity contribution in [2.45, 2.75) is 50.0 Å². The monoisotopic (exact) mass is 333 g/mol. The summed E-state index contributed by atoms with van der Waals surface area (Å²) in [7, 11) is 0. The van der Waals surface area contributed by atoms with E-state index in [0.717, 1.165) is 19.3 Å². The number of benzene rings is 1. The molecule has 6 atom stereocenters. The van der Waals surface area contributed by atoms with Crippen molar-refractivity contribution in [2.75, 3.05) is 0 Å². The predicted molar refractivity (Wildman–Crippen MR) is 94.8 cm³/mol. The van der Waals surface area contributed by atoms with Crippen molar-refractivity contribution in [1.82, 2.24) is 5.32 Å². The van der Waals surface area contributed by atoms with E-state index in [1.54, 1.807) is 0 Å².